The maximum Gasteiger partial charge on any atom is 0.0632 e. The van der Waals surface area contributed by atoms with Gasteiger partial charge in [-0.3, -0.25) is 0 Å². The van der Waals surface area contributed by atoms with Gasteiger partial charge in [0.05, 0.1) is 11.1 Å². The molecule has 2 heteroatoms. The molecule has 1 N–H and O–H groups in total. The van der Waals surface area contributed by atoms with Crippen molar-refractivity contribution in [3.63, 3.8) is 0 Å². The number of fused-ring (bicyclic) bond motifs is 1. The summed E-state index contributed by atoms with van der Waals surface area (Å²) in [5, 5.41) is 11.4. The monoisotopic (exact) mass is 271 g/mol. The van der Waals surface area contributed by atoms with Crippen LogP contribution in [-0.4, -0.2) is 15.3 Å². The Hall–Kier alpha value is -1.28. The SMILES string of the molecule is CC(C)(O)Cc1cccc2ccn(CC3CCCC3)c12. The molecule has 108 valence electrons. The zero-order valence-corrected chi connectivity index (χ0v) is 12.6. The van der Waals surface area contributed by atoms with E-state index in [4.69, 9.17) is 0 Å². The molecule has 20 heavy (non-hydrogen) atoms. The van der Waals surface area contributed by atoms with Gasteiger partial charge in [-0.15, -0.1) is 0 Å². The predicted octanol–water partition coefficient (Wildman–Crippen LogP) is 4.14. The van der Waals surface area contributed by atoms with Crippen LogP contribution in [0.15, 0.2) is 30.5 Å². The topological polar surface area (TPSA) is 25.2 Å². The van der Waals surface area contributed by atoms with Crippen LogP contribution in [0.5, 0.6) is 0 Å². The second-order valence-corrected chi connectivity index (χ2v) is 6.96. The van der Waals surface area contributed by atoms with E-state index in [-0.39, 0.29) is 0 Å². The van der Waals surface area contributed by atoms with Gasteiger partial charge in [0.1, 0.15) is 0 Å². The Labute approximate surface area is 121 Å². The average molecular weight is 271 g/mol. The van der Waals surface area contributed by atoms with E-state index in [2.05, 4.69) is 35.0 Å². The Bertz CT molecular complexity index is 585. The molecule has 1 saturated carbocycles. The lowest BCUT2D eigenvalue weighted by molar-refractivity contribution is 0.0812. The molecule has 0 atom stereocenters. The summed E-state index contributed by atoms with van der Waals surface area (Å²) in [6.45, 7) is 4.90. The van der Waals surface area contributed by atoms with Crippen molar-refractivity contribution < 1.29 is 5.11 Å². The third kappa shape index (κ3) is 2.90. The fraction of sp³-hybridized carbons (Fsp3) is 0.556. The summed E-state index contributed by atoms with van der Waals surface area (Å²) in [6, 6.07) is 8.64. The molecule has 0 radical (unpaired) electrons. The normalized spacial score (nSPS) is 17.1. The van der Waals surface area contributed by atoms with E-state index in [1.165, 1.54) is 42.1 Å². The standard InChI is InChI=1S/C18H25NO/c1-18(2,20)12-16-9-5-8-15-10-11-19(17(15)16)13-14-6-3-4-7-14/h5,8-11,14,20H,3-4,6-7,12-13H2,1-2H3. The molecule has 2 nitrogen and oxygen atoms in total. The Balaban J connectivity index is 1.95. The number of nitrogens with zero attached hydrogens (tertiary/aromatic N) is 1. The van der Waals surface area contributed by atoms with E-state index >= 15 is 0 Å². The van der Waals surface area contributed by atoms with Crippen LogP contribution in [0.1, 0.15) is 45.1 Å². The Morgan fingerprint density at radius 1 is 1.20 bits per heavy atom. The number of benzene rings is 1. The molecule has 0 bridgehead atoms. The molecule has 2 aromatic rings. The summed E-state index contributed by atoms with van der Waals surface area (Å²) in [5.74, 6) is 0.834. The van der Waals surface area contributed by atoms with Gasteiger partial charge < -0.3 is 9.67 Å². The Morgan fingerprint density at radius 3 is 2.65 bits per heavy atom. The molecule has 0 amide bonds. The number of para-hydroxylation sites is 1. The van der Waals surface area contributed by atoms with Crippen molar-refractivity contribution in [3.8, 4) is 0 Å². The van der Waals surface area contributed by atoms with Crippen molar-refractivity contribution in [3.05, 3.63) is 36.0 Å². The fourth-order valence-corrected chi connectivity index (χ4v) is 3.57. The van der Waals surface area contributed by atoms with E-state index in [0.717, 1.165) is 12.5 Å². The van der Waals surface area contributed by atoms with Crippen molar-refractivity contribution in [2.75, 3.05) is 0 Å². The lowest BCUT2D eigenvalue weighted by Crippen LogP contribution is -2.22. The first kappa shape index (κ1) is 13.7. The van der Waals surface area contributed by atoms with Crippen LogP contribution in [0.3, 0.4) is 0 Å². The maximum atomic E-state index is 10.1. The van der Waals surface area contributed by atoms with Gasteiger partial charge in [-0.05, 0) is 49.6 Å². The first-order chi connectivity index (χ1) is 9.53. The zero-order chi connectivity index (χ0) is 14.2. The summed E-state index contributed by atoms with van der Waals surface area (Å²) in [6.07, 6.45) is 8.44. The molecule has 1 aliphatic carbocycles. The van der Waals surface area contributed by atoms with Crippen molar-refractivity contribution in [1.82, 2.24) is 4.57 Å². The number of hydrogen-bond acceptors (Lipinski definition) is 1. The Kier molecular flexibility index (Phi) is 3.59. The van der Waals surface area contributed by atoms with Gasteiger partial charge in [-0.2, -0.15) is 0 Å². The summed E-state index contributed by atoms with van der Waals surface area (Å²) < 4.78 is 2.41. The van der Waals surface area contributed by atoms with Crippen molar-refractivity contribution in [2.24, 2.45) is 5.92 Å². The van der Waals surface area contributed by atoms with E-state index in [1.54, 1.807) is 0 Å². The first-order valence-electron chi connectivity index (χ1n) is 7.82. The van der Waals surface area contributed by atoms with Crippen LogP contribution in [0.2, 0.25) is 0 Å². The van der Waals surface area contributed by atoms with E-state index in [1.807, 2.05) is 13.8 Å². The molecule has 1 heterocycles. The van der Waals surface area contributed by atoms with Gasteiger partial charge in [-0.1, -0.05) is 31.0 Å². The van der Waals surface area contributed by atoms with Gasteiger partial charge in [-0.25, -0.2) is 0 Å². The van der Waals surface area contributed by atoms with Gasteiger partial charge >= 0.3 is 0 Å². The third-order valence-electron chi connectivity index (χ3n) is 4.42. The highest BCUT2D eigenvalue weighted by Crippen LogP contribution is 2.29. The molecule has 3 rings (SSSR count). The van der Waals surface area contributed by atoms with Gasteiger partial charge in [0, 0.05) is 19.2 Å². The number of aromatic nitrogens is 1. The fourth-order valence-electron chi connectivity index (χ4n) is 3.57. The molecular formula is C18H25NO. The molecule has 1 aliphatic rings. The smallest absolute Gasteiger partial charge is 0.0632 e. The minimum atomic E-state index is -0.656. The minimum Gasteiger partial charge on any atom is -0.390 e. The maximum absolute atomic E-state index is 10.1. The molecule has 0 unspecified atom stereocenters. The summed E-state index contributed by atoms with van der Waals surface area (Å²) >= 11 is 0. The third-order valence-corrected chi connectivity index (χ3v) is 4.42. The van der Waals surface area contributed by atoms with Crippen LogP contribution >= 0.6 is 0 Å². The second-order valence-electron chi connectivity index (χ2n) is 6.96. The van der Waals surface area contributed by atoms with Crippen molar-refractivity contribution in [1.29, 1.82) is 0 Å². The van der Waals surface area contributed by atoms with E-state index in [0.29, 0.717) is 6.42 Å². The largest absolute Gasteiger partial charge is 0.390 e. The van der Waals surface area contributed by atoms with Crippen molar-refractivity contribution >= 4 is 10.9 Å². The van der Waals surface area contributed by atoms with Gasteiger partial charge in [0.2, 0.25) is 0 Å². The highest BCUT2D eigenvalue weighted by Gasteiger charge is 2.19. The summed E-state index contributed by atoms with van der Waals surface area (Å²) in [4.78, 5) is 0. The highest BCUT2D eigenvalue weighted by atomic mass is 16.3. The lowest BCUT2D eigenvalue weighted by Gasteiger charge is -2.19. The molecule has 1 aromatic heterocycles. The molecule has 1 fully saturated rings. The predicted molar refractivity (Wildman–Crippen MR) is 83.9 cm³/mol. The van der Waals surface area contributed by atoms with Crippen LogP contribution in [0, 0.1) is 5.92 Å². The van der Waals surface area contributed by atoms with E-state index in [9.17, 15) is 5.11 Å². The molecule has 0 aliphatic heterocycles. The van der Waals surface area contributed by atoms with Gasteiger partial charge in [0.15, 0.2) is 0 Å². The van der Waals surface area contributed by atoms with Crippen LogP contribution < -0.4 is 0 Å². The van der Waals surface area contributed by atoms with Gasteiger partial charge in [0.25, 0.3) is 0 Å². The summed E-state index contributed by atoms with van der Waals surface area (Å²) in [7, 11) is 0. The molecule has 1 aromatic carbocycles. The molecular weight excluding hydrogens is 246 g/mol. The van der Waals surface area contributed by atoms with Crippen molar-refractivity contribution in [2.45, 2.75) is 58.1 Å². The molecule has 0 saturated heterocycles. The Morgan fingerprint density at radius 2 is 1.95 bits per heavy atom. The number of rotatable bonds is 4. The quantitative estimate of drug-likeness (QED) is 0.888. The van der Waals surface area contributed by atoms with Crippen LogP contribution in [-0.2, 0) is 13.0 Å². The highest BCUT2D eigenvalue weighted by molar-refractivity contribution is 5.83. The second kappa shape index (κ2) is 5.25. The lowest BCUT2D eigenvalue weighted by atomic mass is 9.97. The number of aliphatic hydroxyl groups is 1. The number of hydrogen-bond donors (Lipinski definition) is 1. The van der Waals surface area contributed by atoms with Crippen LogP contribution in [0.4, 0.5) is 0 Å². The zero-order valence-electron chi connectivity index (χ0n) is 12.6. The summed E-state index contributed by atoms with van der Waals surface area (Å²) in [5.41, 5.74) is 1.93. The van der Waals surface area contributed by atoms with E-state index < -0.39 is 5.60 Å². The average Bonchev–Trinajstić information content (AvgIpc) is 2.98. The minimum absolute atomic E-state index is 0.656. The first-order valence-corrected chi connectivity index (χ1v) is 7.82. The molecule has 0 spiro atoms. The van der Waals surface area contributed by atoms with Crippen LogP contribution in [0.25, 0.3) is 10.9 Å².